The van der Waals surface area contributed by atoms with Gasteiger partial charge in [-0.25, -0.2) is 0 Å². The third kappa shape index (κ3) is 6.13. The first-order valence-electron chi connectivity index (χ1n) is 7.69. The molecule has 1 unspecified atom stereocenters. The smallest absolute Gasteiger partial charge is 0.225 e. The summed E-state index contributed by atoms with van der Waals surface area (Å²) in [5, 5.41) is 6.93. The monoisotopic (exact) mass is 345 g/mol. The van der Waals surface area contributed by atoms with E-state index in [1.54, 1.807) is 12.1 Å². The number of anilines is 1. The lowest BCUT2D eigenvalue weighted by Crippen LogP contribution is -2.39. The van der Waals surface area contributed by atoms with Gasteiger partial charge in [0.2, 0.25) is 5.91 Å². The summed E-state index contributed by atoms with van der Waals surface area (Å²) >= 11 is 5.92. The van der Waals surface area contributed by atoms with Crippen LogP contribution in [0.1, 0.15) is 26.2 Å². The largest absolute Gasteiger partial charge is 0.326 e. The van der Waals surface area contributed by atoms with Gasteiger partial charge in [-0.2, -0.15) is 0 Å². The Kier molecular flexibility index (Phi) is 8.79. The third-order valence-electron chi connectivity index (χ3n) is 3.80. The second kappa shape index (κ2) is 10.1. The van der Waals surface area contributed by atoms with Gasteiger partial charge in [0.1, 0.15) is 0 Å². The van der Waals surface area contributed by atoms with E-state index in [2.05, 4.69) is 22.5 Å². The topological polar surface area (TPSA) is 44.4 Å². The maximum absolute atomic E-state index is 12.1. The van der Waals surface area contributed by atoms with Crippen LogP contribution in [0.2, 0.25) is 5.02 Å². The Morgan fingerprint density at radius 1 is 1.45 bits per heavy atom. The molecular weight excluding hydrogens is 321 g/mol. The van der Waals surface area contributed by atoms with Gasteiger partial charge in [-0.3, -0.25) is 9.69 Å². The normalized spacial score (nSPS) is 17.3. The van der Waals surface area contributed by atoms with Gasteiger partial charge in [-0.15, -0.1) is 12.4 Å². The van der Waals surface area contributed by atoms with E-state index in [1.165, 1.54) is 6.42 Å². The van der Waals surface area contributed by atoms with Crippen LogP contribution >= 0.6 is 24.0 Å². The minimum absolute atomic E-state index is 0. The molecule has 1 saturated heterocycles. The van der Waals surface area contributed by atoms with Crippen molar-refractivity contribution in [3.63, 3.8) is 0 Å². The van der Waals surface area contributed by atoms with Crippen molar-refractivity contribution in [1.82, 2.24) is 10.2 Å². The van der Waals surface area contributed by atoms with Crippen LogP contribution in [0.5, 0.6) is 0 Å². The van der Waals surface area contributed by atoms with Crippen LogP contribution in [0.25, 0.3) is 0 Å². The Labute approximate surface area is 144 Å². The van der Waals surface area contributed by atoms with Gasteiger partial charge < -0.3 is 10.6 Å². The number of carbonyl (C=O) groups is 1. The Balaban J connectivity index is 0.00000242. The van der Waals surface area contributed by atoms with E-state index in [1.807, 2.05) is 12.1 Å². The van der Waals surface area contributed by atoms with Crippen molar-refractivity contribution in [1.29, 1.82) is 0 Å². The summed E-state index contributed by atoms with van der Waals surface area (Å²) < 4.78 is 0. The molecule has 0 aliphatic carbocycles. The fraction of sp³-hybridized carbons (Fsp3) is 0.562. The summed E-state index contributed by atoms with van der Waals surface area (Å²) in [6.07, 6.45) is 2.81. The number of carbonyl (C=O) groups excluding carboxylic acids is 1. The van der Waals surface area contributed by atoms with Crippen molar-refractivity contribution in [2.24, 2.45) is 0 Å². The van der Waals surface area contributed by atoms with E-state index in [4.69, 9.17) is 11.6 Å². The van der Waals surface area contributed by atoms with Crippen LogP contribution in [-0.2, 0) is 4.79 Å². The number of amides is 1. The second-order valence-corrected chi connectivity index (χ2v) is 5.93. The van der Waals surface area contributed by atoms with Crippen LogP contribution < -0.4 is 10.6 Å². The number of halogens is 2. The first-order valence-corrected chi connectivity index (χ1v) is 8.07. The predicted octanol–water partition coefficient (Wildman–Crippen LogP) is 3.16. The molecule has 1 amide bonds. The van der Waals surface area contributed by atoms with Gasteiger partial charge in [0.25, 0.3) is 0 Å². The van der Waals surface area contributed by atoms with E-state index in [-0.39, 0.29) is 18.3 Å². The van der Waals surface area contributed by atoms with Crippen LogP contribution in [0.15, 0.2) is 24.3 Å². The summed E-state index contributed by atoms with van der Waals surface area (Å²) in [5.74, 6) is 0.0457. The number of nitrogens with one attached hydrogen (secondary N) is 2. The van der Waals surface area contributed by atoms with Crippen molar-refractivity contribution < 1.29 is 4.79 Å². The minimum Gasteiger partial charge on any atom is -0.326 e. The predicted molar refractivity (Wildman–Crippen MR) is 95.1 cm³/mol. The highest BCUT2D eigenvalue weighted by atomic mass is 35.5. The van der Waals surface area contributed by atoms with Gasteiger partial charge in [0.15, 0.2) is 0 Å². The van der Waals surface area contributed by atoms with E-state index in [0.29, 0.717) is 17.5 Å². The first kappa shape index (κ1) is 19.2. The number of nitrogens with zero attached hydrogens (tertiary/aromatic N) is 1. The molecule has 0 bridgehead atoms. The molecular formula is C16H25Cl2N3O. The van der Waals surface area contributed by atoms with E-state index < -0.39 is 0 Å². The third-order valence-corrected chi connectivity index (χ3v) is 4.03. The highest BCUT2D eigenvalue weighted by Gasteiger charge is 2.21. The van der Waals surface area contributed by atoms with Crippen LogP contribution in [0.4, 0.5) is 5.69 Å². The summed E-state index contributed by atoms with van der Waals surface area (Å²) in [6.45, 7) is 6.17. The maximum Gasteiger partial charge on any atom is 0.225 e. The van der Waals surface area contributed by atoms with Gasteiger partial charge in [0.05, 0.1) is 0 Å². The zero-order chi connectivity index (χ0) is 15.1. The quantitative estimate of drug-likeness (QED) is 0.797. The molecule has 124 valence electrons. The van der Waals surface area contributed by atoms with Crippen molar-refractivity contribution in [2.75, 3.05) is 31.5 Å². The molecule has 0 radical (unpaired) electrons. The Morgan fingerprint density at radius 2 is 2.27 bits per heavy atom. The fourth-order valence-electron chi connectivity index (χ4n) is 2.75. The number of hydrogen-bond donors (Lipinski definition) is 2. The number of rotatable bonds is 7. The van der Waals surface area contributed by atoms with Crippen molar-refractivity contribution in [3.05, 3.63) is 29.3 Å². The zero-order valence-electron chi connectivity index (χ0n) is 13.0. The molecule has 1 aromatic carbocycles. The number of benzene rings is 1. The fourth-order valence-corrected chi connectivity index (χ4v) is 2.94. The molecule has 1 aromatic rings. The first-order chi connectivity index (χ1) is 10.2. The van der Waals surface area contributed by atoms with Gasteiger partial charge in [-0.05, 0) is 44.1 Å². The van der Waals surface area contributed by atoms with Crippen molar-refractivity contribution in [2.45, 2.75) is 32.2 Å². The lowest BCUT2D eigenvalue weighted by molar-refractivity contribution is -0.116. The summed E-state index contributed by atoms with van der Waals surface area (Å²) in [4.78, 5) is 14.5. The van der Waals surface area contributed by atoms with Gasteiger partial charge in [-0.1, -0.05) is 24.6 Å². The molecule has 4 nitrogen and oxygen atoms in total. The molecule has 0 aromatic heterocycles. The molecule has 1 fully saturated rings. The summed E-state index contributed by atoms with van der Waals surface area (Å²) in [6, 6.07) is 7.83. The van der Waals surface area contributed by atoms with Crippen LogP contribution in [0.3, 0.4) is 0 Å². The SMILES string of the molecule is CCCN(CCC(=O)Nc1cccc(Cl)c1)C1CCNC1.Cl. The molecule has 0 saturated carbocycles. The molecule has 1 aliphatic rings. The van der Waals surface area contributed by atoms with E-state index >= 15 is 0 Å². The lowest BCUT2D eigenvalue weighted by atomic mass is 10.2. The molecule has 22 heavy (non-hydrogen) atoms. The van der Waals surface area contributed by atoms with E-state index in [9.17, 15) is 4.79 Å². The molecule has 2 N–H and O–H groups in total. The zero-order valence-corrected chi connectivity index (χ0v) is 14.6. The molecule has 2 rings (SSSR count). The molecule has 6 heteroatoms. The van der Waals surface area contributed by atoms with Crippen LogP contribution in [0, 0.1) is 0 Å². The summed E-state index contributed by atoms with van der Waals surface area (Å²) in [5.41, 5.74) is 0.761. The maximum atomic E-state index is 12.1. The van der Waals surface area contributed by atoms with Gasteiger partial charge in [0, 0.05) is 36.3 Å². The highest BCUT2D eigenvalue weighted by Crippen LogP contribution is 2.15. The standard InChI is InChI=1S/C16H24ClN3O.ClH/c1-2-9-20(15-6-8-18-12-15)10-7-16(21)19-14-5-3-4-13(17)11-14;/h3-5,11,15,18H,2,6-10,12H2,1H3,(H,19,21);1H. The molecule has 1 aliphatic heterocycles. The lowest BCUT2D eigenvalue weighted by Gasteiger charge is -2.27. The van der Waals surface area contributed by atoms with Crippen molar-refractivity contribution in [3.8, 4) is 0 Å². The summed E-state index contributed by atoms with van der Waals surface area (Å²) in [7, 11) is 0. The highest BCUT2D eigenvalue weighted by molar-refractivity contribution is 6.30. The molecule has 1 atom stereocenters. The Morgan fingerprint density at radius 3 is 2.91 bits per heavy atom. The molecule has 0 spiro atoms. The van der Waals surface area contributed by atoms with Crippen LogP contribution in [-0.4, -0.2) is 43.0 Å². The number of hydrogen-bond acceptors (Lipinski definition) is 3. The van der Waals surface area contributed by atoms with E-state index in [0.717, 1.165) is 38.3 Å². The Hall–Kier alpha value is -0.810. The molecule has 1 heterocycles. The Bertz CT molecular complexity index is 464. The average molecular weight is 346 g/mol. The second-order valence-electron chi connectivity index (χ2n) is 5.49. The van der Waals surface area contributed by atoms with Gasteiger partial charge >= 0.3 is 0 Å². The van der Waals surface area contributed by atoms with Crippen molar-refractivity contribution >= 4 is 35.6 Å². The average Bonchev–Trinajstić information content (AvgIpc) is 2.97. The minimum atomic E-state index is 0.